The number of benzene rings is 1. The molecular formula is C22H27FO6S. The van der Waals surface area contributed by atoms with Crippen molar-refractivity contribution < 1.29 is 33.7 Å². The number of halogens is 1. The highest BCUT2D eigenvalue weighted by atomic mass is 32.1. The van der Waals surface area contributed by atoms with Gasteiger partial charge in [0, 0.05) is 15.6 Å². The summed E-state index contributed by atoms with van der Waals surface area (Å²) in [6, 6.07) is 2.51. The van der Waals surface area contributed by atoms with E-state index in [0.29, 0.717) is 26.1 Å². The number of esters is 1. The number of fused-ring (bicyclic) bond motifs is 1. The SMILES string of the molecule is CCOC(=O)c1sc2cc(C(F)(C(=O)O)C(=O)O)cc(C(C)(C)C)c2c1C(C)(C)C. The minimum absolute atomic E-state index is 0.180. The first-order valence-corrected chi connectivity index (χ1v) is 10.3. The number of carboxylic acid groups (broad SMARTS) is 2. The fourth-order valence-corrected chi connectivity index (χ4v) is 4.79. The van der Waals surface area contributed by atoms with Crippen LogP contribution in [0.15, 0.2) is 12.1 Å². The van der Waals surface area contributed by atoms with E-state index in [4.69, 9.17) is 4.74 Å². The molecule has 0 bridgehead atoms. The molecule has 0 amide bonds. The van der Waals surface area contributed by atoms with Crippen LogP contribution in [0.25, 0.3) is 10.1 Å². The predicted octanol–water partition coefficient (Wildman–Crippen LogP) is 5.01. The summed E-state index contributed by atoms with van der Waals surface area (Å²) in [5, 5.41) is 19.4. The Labute approximate surface area is 178 Å². The maximum atomic E-state index is 15.2. The number of carbonyl (C=O) groups is 3. The van der Waals surface area contributed by atoms with Gasteiger partial charge < -0.3 is 14.9 Å². The Morgan fingerprint density at radius 1 is 1.00 bits per heavy atom. The van der Waals surface area contributed by atoms with Gasteiger partial charge >= 0.3 is 23.6 Å². The minimum Gasteiger partial charge on any atom is -0.478 e. The molecule has 0 saturated heterocycles. The summed E-state index contributed by atoms with van der Waals surface area (Å²) in [5.41, 5.74) is -3.88. The molecule has 0 radical (unpaired) electrons. The average molecular weight is 439 g/mol. The van der Waals surface area contributed by atoms with Crippen LogP contribution in [-0.2, 0) is 30.8 Å². The Morgan fingerprint density at radius 3 is 1.93 bits per heavy atom. The van der Waals surface area contributed by atoms with Crippen molar-refractivity contribution in [3.8, 4) is 0 Å². The molecule has 8 heteroatoms. The van der Waals surface area contributed by atoms with Crippen LogP contribution < -0.4 is 0 Å². The molecule has 6 nitrogen and oxygen atoms in total. The minimum atomic E-state index is -3.61. The van der Waals surface area contributed by atoms with E-state index in [0.717, 1.165) is 11.3 Å². The van der Waals surface area contributed by atoms with Gasteiger partial charge in [-0.05, 0) is 34.9 Å². The van der Waals surface area contributed by atoms with Crippen molar-refractivity contribution in [1.82, 2.24) is 0 Å². The zero-order chi connectivity index (χ0) is 23.2. The third-order valence-corrected chi connectivity index (χ3v) is 5.91. The van der Waals surface area contributed by atoms with Crippen LogP contribution in [0.4, 0.5) is 4.39 Å². The van der Waals surface area contributed by atoms with Gasteiger partial charge in [0.05, 0.1) is 6.61 Å². The van der Waals surface area contributed by atoms with Crippen LogP contribution in [0.1, 0.15) is 74.8 Å². The summed E-state index contributed by atoms with van der Waals surface area (Å²) in [5.74, 6) is -4.73. The maximum Gasteiger partial charge on any atom is 0.358 e. The zero-order valence-corrected chi connectivity index (χ0v) is 19.0. The second-order valence-electron chi connectivity index (χ2n) is 9.19. The number of thiophene rings is 1. The second-order valence-corrected chi connectivity index (χ2v) is 10.2. The van der Waals surface area contributed by atoms with Crippen molar-refractivity contribution in [2.24, 2.45) is 0 Å². The third-order valence-electron chi connectivity index (χ3n) is 4.80. The molecule has 2 aromatic rings. The first kappa shape index (κ1) is 23.8. The van der Waals surface area contributed by atoms with E-state index in [-0.39, 0.29) is 6.61 Å². The number of hydrogen-bond acceptors (Lipinski definition) is 5. The molecule has 164 valence electrons. The summed E-state index contributed by atoms with van der Waals surface area (Å²) in [4.78, 5) is 36.1. The lowest BCUT2D eigenvalue weighted by Gasteiger charge is -2.27. The summed E-state index contributed by atoms with van der Waals surface area (Å²) in [7, 11) is 0. The summed E-state index contributed by atoms with van der Waals surface area (Å²) < 4.78 is 20.8. The van der Waals surface area contributed by atoms with Gasteiger partial charge in [0.1, 0.15) is 4.88 Å². The topological polar surface area (TPSA) is 101 Å². The molecule has 0 aliphatic carbocycles. The van der Waals surface area contributed by atoms with Gasteiger partial charge in [0.15, 0.2) is 0 Å². The standard InChI is InChI=1S/C22H27FO6S/c1-8-29-17(24)16-15(21(5,6)7)14-12(20(2,3)4)9-11(10-13(14)30-16)22(23,18(25)26)19(27)28/h9-10H,8H2,1-7H3,(H,25,26)(H,27,28). The molecule has 2 rings (SSSR count). The Morgan fingerprint density at radius 2 is 1.53 bits per heavy atom. The first-order valence-electron chi connectivity index (χ1n) is 9.51. The number of aliphatic carboxylic acids is 2. The second kappa shape index (κ2) is 7.65. The van der Waals surface area contributed by atoms with E-state index >= 15 is 4.39 Å². The van der Waals surface area contributed by atoms with Gasteiger partial charge in [-0.3, -0.25) is 0 Å². The molecule has 0 saturated carbocycles. The van der Waals surface area contributed by atoms with E-state index in [9.17, 15) is 24.6 Å². The number of ether oxygens (including phenoxy) is 1. The molecule has 0 aliphatic heterocycles. The largest absolute Gasteiger partial charge is 0.478 e. The third kappa shape index (κ3) is 3.93. The first-order chi connectivity index (χ1) is 13.6. The average Bonchev–Trinajstić information content (AvgIpc) is 2.98. The van der Waals surface area contributed by atoms with Gasteiger partial charge in [-0.1, -0.05) is 47.6 Å². The molecule has 2 N–H and O–H groups in total. The van der Waals surface area contributed by atoms with Crippen LogP contribution in [0.3, 0.4) is 0 Å². The molecule has 0 aliphatic rings. The lowest BCUT2D eigenvalue weighted by molar-refractivity contribution is -0.167. The highest BCUT2D eigenvalue weighted by molar-refractivity contribution is 7.21. The van der Waals surface area contributed by atoms with Crippen molar-refractivity contribution in [3.05, 3.63) is 33.7 Å². The van der Waals surface area contributed by atoms with Crippen molar-refractivity contribution in [2.45, 2.75) is 65.0 Å². The van der Waals surface area contributed by atoms with Crippen molar-refractivity contribution >= 4 is 39.3 Å². The molecule has 1 aromatic carbocycles. The van der Waals surface area contributed by atoms with Crippen LogP contribution in [0, 0.1) is 0 Å². The number of alkyl halides is 1. The lowest BCUT2D eigenvalue weighted by atomic mass is 9.76. The Kier molecular flexibility index (Phi) is 6.07. The van der Waals surface area contributed by atoms with Gasteiger partial charge in [-0.2, -0.15) is 0 Å². The van der Waals surface area contributed by atoms with Gasteiger partial charge in [0.2, 0.25) is 0 Å². The molecule has 0 unspecified atom stereocenters. The number of carbonyl (C=O) groups excluding carboxylic acids is 1. The number of carboxylic acids is 2. The summed E-state index contributed by atoms with van der Waals surface area (Å²) >= 11 is 1.06. The van der Waals surface area contributed by atoms with E-state index in [1.165, 1.54) is 12.1 Å². The summed E-state index contributed by atoms with van der Waals surface area (Å²) in [6.45, 7) is 13.3. The van der Waals surface area contributed by atoms with E-state index in [2.05, 4.69) is 0 Å². The monoisotopic (exact) mass is 438 g/mol. The Balaban J connectivity index is 3.08. The van der Waals surface area contributed by atoms with E-state index < -0.39 is 40.0 Å². The molecule has 0 spiro atoms. The van der Waals surface area contributed by atoms with Crippen molar-refractivity contribution in [2.75, 3.05) is 6.61 Å². The molecule has 1 aromatic heterocycles. The smallest absolute Gasteiger partial charge is 0.358 e. The molecule has 0 fully saturated rings. The zero-order valence-electron chi connectivity index (χ0n) is 18.2. The fourth-order valence-electron chi connectivity index (χ4n) is 3.41. The normalized spacial score (nSPS) is 12.8. The fraction of sp³-hybridized carbons (Fsp3) is 0.500. The predicted molar refractivity (Wildman–Crippen MR) is 113 cm³/mol. The molecule has 30 heavy (non-hydrogen) atoms. The van der Waals surface area contributed by atoms with Crippen molar-refractivity contribution in [1.29, 1.82) is 0 Å². The maximum absolute atomic E-state index is 15.2. The Bertz CT molecular complexity index is 1010. The van der Waals surface area contributed by atoms with Crippen LogP contribution in [-0.4, -0.2) is 34.7 Å². The molecular weight excluding hydrogens is 411 g/mol. The van der Waals surface area contributed by atoms with Crippen LogP contribution in [0.5, 0.6) is 0 Å². The van der Waals surface area contributed by atoms with E-state index in [1.54, 1.807) is 6.92 Å². The quantitative estimate of drug-likeness (QED) is 0.503. The van der Waals surface area contributed by atoms with Crippen LogP contribution >= 0.6 is 11.3 Å². The van der Waals surface area contributed by atoms with Crippen molar-refractivity contribution in [3.63, 3.8) is 0 Å². The molecule has 1 heterocycles. The van der Waals surface area contributed by atoms with E-state index in [1.807, 2.05) is 41.5 Å². The summed E-state index contributed by atoms with van der Waals surface area (Å²) in [6.07, 6.45) is 0. The Hall–Kier alpha value is -2.48. The number of hydrogen-bond donors (Lipinski definition) is 2. The lowest BCUT2D eigenvalue weighted by Crippen LogP contribution is -2.39. The van der Waals surface area contributed by atoms with Gasteiger partial charge in [-0.25, -0.2) is 18.8 Å². The molecule has 0 atom stereocenters. The van der Waals surface area contributed by atoms with Crippen LogP contribution in [0.2, 0.25) is 0 Å². The number of rotatable bonds is 5. The highest BCUT2D eigenvalue weighted by Gasteiger charge is 2.50. The van der Waals surface area contributed by atoms with Gasteiger partial charge in [-0.15, -0.1) is 11.3 Å². The van der Waals surface area contributed by atoms with Gasteiger partial charge in [0.25, 0.3) is 0 Å². The highest BCUT2D eigenvalue weighted by Crippen LogP contribution is 2.46.